The summed E-state index contributed by atoms with van der Waals surface area (Å²) in [6.45, 7) is 2.71. The fraction of sp³-hybridized carbons (Fsp3) is 0.846. The van der Waals surface area contributed by atoms with Crippen LogP contribution in [0.25, 0.3) is 0 Å². The summed E-state index contributed by atoms with van der Waals surface area (Å²) in [5, 5.41) is 8.20. The minimum atomic E-state index is 0.562. The zero-order valence-electron chi connectivity index (χ0n) is 10.8. The lowest BCUT2D eigenvalue weighted by molar-refractivity contribution is 0.198. The molecular weight excluding hydrogens is 228 g/mol. The number of nitrogens with zero attached hydrogens (tertiary/aromatic N) is 3. The molecule has 5 heteroatoms. The topological polar surface area (TPSA) is 68.2 Å². The van der Waals surface area contributed by atoms with Gasteiger partial charge in [0.15, 0.2) is 0 Å². The van der Waals surface area contributed by atoms with Crippen molar-refractivity contribution in [1.29, 1.82) is 0 Å². The number of anilines is 1. The minimum Gasteiger partial charge on any atom is -0.408 e. The van der Waals surface area contributed by atoms with Crippen LogP contribution < -0.4 is 10.6 Å². The fourth-order valence-corrected chi connectivity index (χ4v) is 3.37. The van der Waals surface area contributed by atoms with E-state index in [0.29, 0.717) is 24.9 Å². The third-order valence-corrected chi connectivity index (χ3v) is 4.38. The third kappa shape index (κ3) is 2.36. The molecule has 1 aromatic rings. The molecule has 3 rings (SSSR count). The standard InChI is InChI=1S/C13H22N4O/c14-7-5-12-15-16-13(18-12)17-8-6-10-3-1-2-4-11(10)9-17/h10-11H,1-9,14H2. The highest BCUT2D eigenvalue weighted by Gasteiger charge is 2.32. The van der Waals surface area contributed by atoms with Crippen molar-refractivity contribution in [2.24, 2.45) is 17.6 Å². The van der Waals surface area contributed by atoms with E-state index in [9.17, 15) is 0 Å². The average Bonchev–Trinajstić information content (AvgIpc) is 2.87. The normalized spacial score (nSPS) is 28.2. The quantitative estimate of drug-likeness (QED) is 0.882. The molecule has 1 saturated carbocycles. The second-order valence-electron chi connectivity index (χ2n) is 5.56. The second kappa shape index (κ2) is 5.26. The molecule has 1 aromatic heterocycles. The zero-order chi connectivity index (χ0) is 12.4. The first kappa shape index (κ1) is 12.0. The van der Waals surface area contributed by atoms with Crippen LogP contribution in [0.3, 0.4) is 0 Å². The van der Waals surface area contributed by atoms with Crippen molar-refractivity contribution >= 4 is 6.01 Å². The van der Waals surface area contributed by atoms with Gasteiger partial charge in [-0.05, 0) is 24.7 Å². The van der Waals surface area contributed by atoms with Gasteiger partial charge in [0, 0.05) is 26.1 Å². The van der Waals surface area contributed by atoms with E-state index in [1.165, 1.54) is 32.1 Å². The van der Waals surface area contributed by atoms with Crippen molar-refractivity contribution in [1.82, 2.24) is 10.2 Å². The molecule has 2 atom stereocenters. The monoisotopic (exact) mass is 250 g/mol. The smallest absolute Gasteiger partial charge is 0.318 e. The summed E-state index contributed by atoms with van der Waals surface area (Å²) in [4.78, 5) is 2.26. The molecule has 2 aliphatic rings. The van der Waals surface area contributed by atoms with Gasteiger partial charge in [0.2, 0.25) is 5.89 Å². The van der Waals surface area contributed by atoms with E-state index in [1.54, 1.807) is 0 Å². The summed E-state index contributed by atoms with van der Waals surface area (Å²) in [7, 11) is 0. The number of piperidine rings is 1. The van der Waals surface area contributed by atoms with Gasteiger partial charge in [-0.1, -0.05) is 24.4 Å². The summed E-state index contributed by atoms with van der Waals surface area (Å²) in [6, 6.07) is 0.697. The van der Waals surface area contributed by atoms with Crippen molar-refractivity contribution in [2.75, 3.05) is 24.5 Å². The number of nitrogens with two attached hydrogens (primary N) is 1. The van der Waals surface area contributed by atoms with Gasteiger partial charge in [0.25, 0.3) is 0 Å². The molecule has 2 N–H and O–H groups in total. The Morgan fingerprint density at radius 1 is 1.17 bits per heavy atom. The van der Waals surface area contributed by atoms with E-state index in [-0.39, 0.29) is 0 Å². The third-order valence-electron chi connectivity index (χ3n) is 4.38. The Hall–Kier alpha value is -1.10. The van der Waals surface area contributed by atoms with Crippen LogP contribution in [0.5, 0.6) is 0 Å². The molecule has 2 unspecified atom stereocenters. The van der Waals surface area contributed by atoms with Crippen LogP contribution in [-0.2, 0) is 6.42 Å². The van der Waals surface area contributed by atoms with Crippen molar-refractivity contribution in [2.45, 2.75) is 38.5 Å². The Balaban J connectivity index is 1.65. The van der Waals surface area contributed by atoms with Gasteiger partial charge in [-0.2, -0.15) is 0 Å². The number of hydrogen-bond acceptors (Lipinski definition) is 5. The van der Waals surface area contributed by atoms with Crippen LogP contribution in [-0.4, -0.2) is 29.8 Å². The predicted molar refractivity (Wildman–Crippen MR) is 69.3 cm³/mol. The summed E-state index contributed by atoms with van der Waals surface area (Å²) >= 11 is 0. The molecule has 0 aromatic carbocycles. The molecule has 1 aliphatic heterocycles. The van der Waals surface area contributed by atoms with Crippen LogP contribution in [0.2, 0.25) is 0 Å². The average molecular weight is 250 g/mol. The van der Waals surface area contributed by atoms with E-state index in [0.717, 1.165) is 24.9 Å². The lowest BCUT2D eigenvalue weighted by Gasteiger charge is -2.40. The van der Waals surface area contributed by atoms with Crippen molar-refractivity contribution in [3.05, 3.63) is 5.89 Å². The highest BCUT2D eigenvalue weighted by Crippen LogP contribution is 2.37. The first-order valence-corrected chi connectivity index (χ1v) is 7.14. The van der Waals surface area contributed by atoms with Crippen molar-refractivity contribution in [3.8, 4) is 0 Å². The SMILES string of the molecule is NCCc1nnc(N2CCC3CCCCC3C2)o1. The van der Waals surface area contributed by atoms with Gasteiger partial charge in [-0.3, -0.25) is 0 Å². The molecule has 0 spiro atoms. The number of hydrogen-bond donors (Lipinski definition) is 1. The number of aromatic nitrogens is 2. The molecule has 2 fully saturated rings. The van der Waals surface area contributed by atoms with Gasteiger partial charge in [-0.25, -0.2) is 0 Å². The zero-order valence-corrected chi connectivity index (χ0v) is 10.8. The van der Waals surface area contributed by atoms with E-state index < -0.39 is 0 Å². The van der Waals surface area contributed by atoms with E-state index in [4.69, 9.17) is 10.2 Å². The maximum absolute atomic E-state index is 5.67. The molecule has 0 amide bonds. The summed E-state index contributed by atoms with van der Waals surface area (Å²) in [5.41, 5.74) is 5.49. The Labute approximate surface area is 108 Å². The van der Waals surface area contributed by atoms with Crippen LogP contribution in [0.4, 0.5) is 6.01 Å². The molecule has 18 heavy (non-hydrogen) atoms. The van der Waals surface area contributed by atoms with Crippen LogP contribution >= 0.6 is 0 Å². The molecule has 100 valence electrons. The molecule has 0 radical (unpaired) electrons. The second-order valence-corrected chi connectivity index (χ2v) is 5.56. The largest absolute Gasteiger partial charge is 0.408 e. The van der Waals surface area contributed by atoms with E-state index in [1.807, 2.05) is 0 Å². The molecular formula is C13H22N4O. The minimum absolute atomic E-state index is 0.562. The van der Waals surface area contributed by atoms with Gasteiger partial charge in [0.1, 0.15) is 0 Å². The maximum Gasteiger partial charge on any atom is 0.318 e. The summed E-state index contributed by atoms with van der Waals surface area (Å²) < 4.78 is 5.67. The number of rotatable bonds is 3. The van der Waals surface area contributed by atoms with Crippen LogP contribution in [0.15, 0.2) is 4.42 Å². The Kier molecular flexibility index (Phi) is 3.50. The van der Waals surface area contributed by atoms with E-state index >= 15 is 0 Å². The Morgan fingerprint density at radius 2 is 2.00 bits per heavy atom. The summed E-state index contributed by atoms with van der Waals surface area (Å²) in [6.07, 6.45) is 7.54. The highest BCUT2D eigenvalue weighted by molar-refractivity contribution is 5.25. The number of fused-ring (bicyclic) bond motifs is 1. The summed E-state index contributed by atoms with van der Waals surface area (Å²) in [5.74, 6) is 2.43. The van der Waals surface area contributed by atoms with Gasteiger partial charge >= 0.3 is 6.01 Å². The first-order chi connectivity index (χ1) is 8.86. The molecule has 0 bridgehead atoms. The van der Waals surface area contributed by atoms with Gasteiger partial charge in [0.05, 0.1) is 0 Å². The highest BCUT2D eigenvalue weighted by atomic mass is 16.4. The lowest BCUT2D eigenvalue weighted by atomic mass is 9.75. The molecule has 2 heterocycles. The predicted octanol–water partition coefficient (Wildman–Crippen LogP) is 1.59. The first-order valence-electron chi connectivity index (χ1n) is 7.14. The van der Waals surface area contributed by atoms with Gasteiger partial charge < -0.3 is 15.1 Å². The molecule has 5 nitrogen and oxygen atoms in total. The van der Waals surface area contributed by atoms with Crippen LogP contribution in [0, 0.1) is 11.8 Å². The maximum atomic E-state index is 5.67. The molecule has 1 aliphatic carbocycles. The van der Waals surface area contributed by atoms with E-state index in [2.05, 4.69) is 15.1 Å². The Bertz CT molecular complexity index is 392. The molecule has 1 saturated heterocycles. The fourth-order valence-electron chi connectivity index (χ4n) is 3.37. The van der Waals surface area contributed by atoms with Crippen LogP contribution in [0.1, 0.15) is 38.0 Å². The lowest BCUT2D eigenvalue weighted by Crippen LogP contribution is -2.42. The van der Waals surface area contributed by atoms with Gasteiger partial charge in [-0.15, -0.1) is 5.10 Å². The Morgan fingerprint density at radius 3 is 2.83 bits per heavy atom. The van der Waals surface area contributed by atoms with Crippen molar-refractivity contribution < 1.29 is 4.42 Å². The van der Waals surface area contributed by atoms with Crippen molar-refractivity contribution in [3.63, 3.8) is 0 Å².